The normalized spacial score (nSPS) is 33.0. The summed E-state index contributed by atoms with van der Waals surface area (Å²) in [7, 11) is 0. The molecule has 0 saturated heterocycles. The lowest BCUT2D eigenvalue weighted by Crippen LogP contribution is -2.49. The monoisotopic (exact) mass is 274 g/mol. The lowest BCUT2D eigenvalue weighted by Gasteiger charge is -2.43. The molecule has 20 heavy (non-hydrogen) atoms. The number of benzene rings is 1. The second-order valence-electron chi connectivity index (χ2n) is 6.50. The van der Waals surface area contributed by atoms with Gasteiger partial charge in [0.25, 0.3) is 0 Å². The highest BCUT2D eigenvalue weighted by atomic mass is 16.5. The van der Waals surface area contributed by atoms with E-state index in [0.29, 0.717) is 18.9 Å². The fourth-order valence-electron chi connectivity index (χ4n) is 3.90. The zero-order valence-corrected chi connectivity index (χ0v) is 12.0. The number of para-hydroxylation sites is 1. The summed E-state index contributed by atoms with van der Waals surface area (Å²) in [5.74, 6) is 1.03. The number of hydrogen-bond donors (Lipinski definition) is 1. The third-order valence-electron chi connectivity index (χ3n) is 5.11. The number of ether oxygens (including phenoxy) is 1. The Morgan fingerprint density at radius 3 is 2.90 bits per heavy atom. The maximum atomic E-state index is 12.0. The first-order valence-corrected chi connectivity index (χ1v) is 7.56. The summed E-state index contributed by atoms with van der Waals surface area (Å²) in [4.78, 5) is 12.0. The van der Waals surface area contributed by atoms with Crippen LogP contribution in [0, 0.1) is 17.3 Å². The van der Waals surface area contributed by atoms with Crippen LogP contribution < -0.4 is 4.74 Å². The van der Waals surface area contributed by atoms with Gasteiger partial charge in [-0.3, -0.25) is 4.79 Å². The van der Waals surface area contributed by atoms with Crippen LogP contribution in [0.5, 0.6) is 5.75 Å². The second kappa shape index (κ2) is 5.12. The number of fused-ring (bicyclic) bond motifs is 1. The average Bonchev–Trinajstić information content (AvgIpc) is 2.46. The maximum Gasteiger partial charge on any atom is 0.313 e. The van der Waals surface area contributed by atoms with Crippen molar-refractivity contribution in [3.63, 3.8) is 0 Å². The molecule has 0 bridgehead atoms. The molecule has 108 valence electrons. The lowest BCUT2D eigenvalue weighted by atomic mass is 9.63. The fraction of sp³-hybridized carbons (Fsp3) is 0.588. The van der Waals surface area contributed by atoms with Crippen LogP contribution in [-0.2, 0) is 11.2 Å². The van der Waals surface area contributed by atoms with E-state index < -0.39 is 11.4 Å². The zero-order valence-electron chi connectivity index (χ0n) is 12.0. The third kappa shape index (κ3) is 2.19. The van der Waals surface area contributed by atoms with Gasteiger partial charge in [0.2, 0.25) is 0 Å². The van der Waals surface area contributed by atoms with Crippen LogP contribution in [0.1, 0.15) is 38.2 Å². The van der Waals surface area contributed by atoms with Crippen molar-refractivity contribution < 1.29 is 14.6 Å². The van der Waals surface area contributed by atoms with Crippen molar-refractivity contribution in [3.8, 4) is 5.75 Å². The molecule has 0 amide bonds. The molecule has 1 aliphatic carbocycles. The van der Waals surface area contributed by atoms with Crippen molar-refractivity contribution >= 4 is 5.97 Å². The highest BCUT2D eigenvalue weighted by molar-refractivity contribution is 5.76. The van der Waals surface area contributed by atoms with Crippen molar-refractivity contribution in [1.29, 1.82) is 0 Å². The van der Waals surface area contributed by atoms with E-state index in [1.165, 1.54) is 6.42 Å². The molecule has 1 aromatic rings. The van der Waals surface area contributed by atoms with Crippen molar-refractivity contribution in [1.82, 2.24) is 0 Å². The Kier molecular flexibility index (Phi) is 3.45. The van der Waals surface area contributed by atoms with E-state index in [2.05, 4.69) is 6.92 Å². The molecule has 1 saturated carbocycles. The van der Waals surface area contributed by atoms with Crippen LogP contribution in [0.3, 0.4) is 0 Å². The molecule has 0 radical (unpaired) electrons. The van der Waals surface area contributed by atoms with E-state index in [4.69, 9.17) is 4.74 Å². The van der Waals surface area contributed by atoms with Crippen molar-refractivity contribution in [3.05, 3.63) is 29.8 Å². The predicted octanol–water partition coefficient (Wildman–Crippen LogP) is 3.52. The molecule has 1 N–H and O–H groups in total. The molecule has 3 nitrogen and oxygen atoms in total. The maximum absolute atomic E-state index is 12.0. The van der Waals surface area contributed by atoms with E-state index in [1.807, 2.05) is 24.3 Å². The summed E-state index contributed by atoms with van der Waals surface area (Å²) in [6.45, 7) is 2.55. The van der Waals surface area contributed by atoms with Crippen LogP contribution in [0.4, 0.5) is 0 Å². The molecule has 0 spiro atoms. The van der Waals surface area contributed by atoms with Gasteiger partial charge in [0.1, 0.15) is 17.8 Å². The number of carbonyl (C=O) groups is 1. The quantitative estimate of drug-likeness (QED) is 0.897. The Balaban J connectivity index is 1.92. The molecular weight excluding hydrogens is 252 g/mol. The molecule has 3 unspecified atom stereocenters. The van der Waals surface area contributed by atoms with Crippen LogP contribution in [0.2, 0.25) is 0 Å². The minimum Gasteiger partial charge on any atom is -0.492 e. The molecule has 1 aromatic carbocycles. The van der Waals surface area contributed by atoms with Gasteiger partial charge in [-0.15, -0.1) is 0 Å². The number of rotatable bonds is 2. The van der Waals surface area contributed by atoms with E-state index in [-0.39, 0.29) is 5.92 Å². The Morgan fingerprint density at radius 2 is 2.15 bits per heavy atom. The van der Waals surface area contributed by atoms with Gasteiger partial charge in [-0.05, 0) is 42.7 Å². The van der Waals surface area contributed by atoms with Gasteiger partial charge in [0.15, 0.2) is 0 Å². The summed E-state index contributed by atoms with van der Waals surface area (Å²) < 4.78 is 5.81. The summed E-state index contributed by atoms with van der Waals surface area (Å²) in [5.41, 5.74) is 0.308. The van der Waals surface area contributed by atoms with Gasteiger partial charge in [-0.2, -0.15) is 0 Å². The molecular formula is C17H22O3. The van der Waals surface area contributed by atoms with Gasteiger partial charge in [0, 0.05) is 0 Å². The molecule has 3 rings (SSSR count). The lowest BCUT2D eigenvalue weighted by molar-refractivity contribution is -0.158. The number of hydrogen-bond acceptors (Lipinski definition) is 2. The average molecular weight is 274 g/mol. The first kappa shape index (κ1) is 13.5. The van der Waals surface area contributed by atoms with Gasteiger partial charge in [0.05, 0.1) is 0 Å². The Hall–Kier alpha value is -1.51. The van der Waals surface area contributed by atoms with Gasteiger partial charge in [-0.1, -0.05) is 38.0 Å². The molecule has 2 aliphatic rings. The minimum atomic E-state index is -0.733. The second-order valence-corrected chi connectivity index (χ2v) is 6.50. The van der Waals surface area contributed by atoms with Crippen LogP contribution in [0.15, 0.2) is 24.3 Å². The molecule has 3 atom stereocenters. The van der Waals surface area contributed by atoms with Crippen molar-refractivity contribution in [2.24, 2.45) is 17.3 Å². The number of carboxylic acid groups (broad SMARTS) is 1. The topological polar surface area (TPSA) is 46.5 Å². The van der Waals surface area contributed by atoms with Crippen LogP contribution in [-0.4, -0.2) is 17.7 Å². The van der Waals surface area contributed by atoms with Gasteiger partial charge >= 0.3 is 5.97 Å². The van der Waals surface area contributed by atoms with Crippen LogP contribution in [0.25, 0.3) is 0 Å². The Morgan fingerprint density at radius 1 is 1.35 bits per heavy atom. The third-order valence-corrected chi connectivity index (χ3v) is 5.11. The fourth-order valence-corrected chi connectivity index (χ4v) is 3.90. The smallest absolute Gasteiger partial charge is 0.313 e. The summed E-state index contributed by atoms with van der Waals surface area (Å²) >= 11 is 0. The zero-order chi connectivity index (χ0) is 14.2. The van der Waals surface area contributed by atoms with Crippen molar-refractivity contribution in [2.45, 2.75) is 39.0 Å². The standard InChI is InChI=1S/C17H22O3/c1-12-5-4-7-14(9-12)17(16(18)19)10-13-6-2-3-8-15(13)20-11-17/h2-3,6,8,12,14H,4-5,7,9-11H2,1H3,(H,18,19). The number of aliphatic carboxylic acids is 1. The molecule has 1 heterocycles. The molecule has 0 aromatic heterocycles. The number of carboxylic acids is 1. The SMILES string of the molecule is CC1CCCC(C2(C(=O)O)COc3ccccc3C2)C1. The first-order valence-electron chi connectivity index (χ1n) is 7.56. The highest BCUT2D eigenvalue weighted by Gasteiger charge is 2.49. The molecule has 1 fully saturated rings. The van der Waals surface area contributed by atoms with E-state index >= 15 is 0 Å². The summed E-state index contributed by atoms with van der Waals surface area (Å²) in [6, 6.07) is 7.84. The minimum absolute atomic E-state index is 0.233. The first-order chi connectivity index (χ1) is 9.62. The Bertz CT molecular complexity index is 511. The van der Waals surface area contributed by atoms with E-state index in [1.54, 1.807) is 0 Å². The highest BCUT2D eigenvalue weighted by Crippen LogP contribution is 2.46. The predicted molar refractivity (Wildman–Crippen MR) is 76.8 cm³/mol. The molecule has 1 aliphatic heterocycles. The van der Waals surface area contributed by atoms with E-state index in [9.17, 15) is 9.90 Å². The largest absolute Gasteiger partial charge is 0.492 e. The van der Waals surface area contributed by atoms with E-state index in [0.717, 1.165) is 30.6 Å². The van der Waals surface area contributed by atoms with Crippen LogP contribution >= 0.6 is 0 Å². The summed E-state index contributed by atoms with van der Waals surface area (Å²) in [5, 5.41) is 9.87. The summed E-state index contributed by atoms with van der Waals surface area (Å²) in [6.07, 6.45) is 5.00. The van der Waals surface area contributed by atoms with Gasteiger partial charge < -0.3 is 9.84 Å². The Labute approximate surface area is 120 Å². The van der Waals surface area contributed by atoms with Gasteiger partial charge in [-0.25, -0.2) is 0 Å². The molecule has 3 heteroatoms. The van der Waals surface area contributed by atoms with Crippen molar-refractivity contribution in [2.75, 3.05) is 6.61 Å².